The van der Waals surface area contributed by atoms with E-state index >= 15 is 0 Å². The maximum atomic E-state index is 5.97. The summed E-state index contributed by atoms with van der Waals surface area (Å²) in [5.74, 6) is 0. The lowest BCUT2D eigenvalue weighted by Crippen LogP contribution is -2.14. The molecule has 0 radical (unpaired) electrons. The highest BCUT2D eigenvalue weighted by Crippen LogP contribution is 2.28. The van der Waals surface area contributed by atoms with Crippen LogP contribution in [-0.4, -0.2) is 9.88 Å². The molecule has 1 aliphatic rings. The Morgan fingerprint density at radius 1 is 1.38 bits per heavy atom. The Labute approximate surface area is 98.5 Å². The van der Waals surface area contributed by atoms with Crippen molar-refractivity contribution in [2.45, 2.75) is 19.6 Å². The second-order valence-electron chi connectivity index (χ2n) is 4.10. The molecular weight excluding hydrogens is 218 g/mol. The van der Waals surface area contributed by atoms with Gasteiger partial charge in [0.15, 0.2) is 0 Å². The standard InChI is InChI=1S/C12H13N3S/c13-12-3-1-2-9-5-15(7-11(9)12)6-10-4-14-8-16-10/h1-4,8H,5-7,13H2. The summed E-state index contributed by atoms with van der Waals surface area (Å²) in [6.45, 7) is 2.93. The Balaban J connectivity index is 1.78. The Hall–Kier alpha value is -1.39. The SMILES string of the molecule is Nc1cccc2c1CN(Cc1cncs1)C2. The lowest BCUT2D eigenvalue weighted by molar-refractivity contribution is 0.278. The van der Waals surface area contributed by atoms with Gasteiger partial charge in [0, 0.05) is 36.4 Å². The molecule has 0 saturated carbocycles. The largest absolute Gasteiger partial charge is 0.398 e. The van der Waals surface area contributed by atoms with E-state index in [1.165, 1.54) is 16.0 Å². The average Bonchev–Trinajstić information content (AvgIpc) is 2.88. The summed E-state index contributed by atoms with van der Waals surface area (Å²) in [6.07, 6.45) is 1.94. The number of nitrogen functional groups attached to an aromatic ring is 1. The lowest BCUT2D eigenvalue weighted by atomic mass is 10.1. The fraction of sp³-hybridized carbons (Fsp3) is 0.250. The van der Waals surface area contributed by atoms with Gasteiger partial charge in [-0.15, -0.1) is 11.3 Å². The average molecular weight is 231 g/mol. The first-order valence-electron chi connectivity index (χ1n) is 5.29. The second kappa shape index (κ2) is 3.88. The predicted octanol–water partition coefficient (Wildman–Crippen LogP) is 2.24. The number of nitrogens with zero attached hydrogens (tertiary/aromatic N) is 2. The Morgan fingerprint density at radius 3 is 3.06 bits per heavy atom. The van der Waals surface area contributed by atoms with Crippen molar-refractivity contribution in [1.82, 2.24) is 9.88 Å². The normalized spacial score (nSPS) is 15.2. The van der Waals surface area contributed by atoms with Crippen LogP contribution in [0.15, 0.2) is 29.9 Å². The van der Waals surface area contributed by atoms with E-state index < -0.39 is 0 Å². The van der Waals surface area contributed by atoms with E-state index in [-0.39, 0.29) is 0 Å². The molecule has 4 heteroatoms. The summed E-state index contributed by atoms with van der Waals surface area (Å²) in [4.78, 5) is 7.81. The fourth-order valence-electron chi connectivity index (χ4n) is 2.17. The van der Waals surface area contributed by atoms with E-state index in [9.17, 15) is 0 Å². The number of anilines is 1. The van der Waals surface area contributed by atoms with Gasteiger partial charge >= 0.3 is 0 Å². The zero-order valence-electron chi connectivity index (χ0n) is 8.89. The Morgan fingerprint density at radius 2 is 2.31 bits per heavy atom. The van der Waals surface area contributed by atoms with E-state index in [4.69, 9.17) is 5.73 Å². The monoisotopic (exact) mass is 231 g/mol. The minimum Gasteiger partial charge on any atom is -0.398 e. The third kappa shape index (κ3) is 1.70. The van der Waals surface area contributed by atoms with Crippen LogP contribution in [0.25, 0.3) is 0 Å². The van der Waals surface area contributed by atoms with Crippen LogP contribution in [0.1, 0.15) is 16.0 Å². The molecule has 0 bridgehead atoms. The topological polar surface area (TPSA) is 42.1 Å². The molecule has 0 saturated heterocycles. The van der Waals surface area contributed by atoms with Gasteiger partial charge in [-0.25, -0.2) is 0 Å². The van der Waals surface area contributed by atoms with Crippen LogP contribution < -0.4 is 5.73 Å². The molecule has 82 valence electrons. The maximum absolute atomic E-state index is 5.97. The van der Waals surface area contributed by atoms with Gasteiger partial charge < -0.3 is 5.73 Å². The fourth-order valence-corrected chi connectivity index (χ4v) is 2.80. The van der Waals surface area contributed by atoms with Gasteiger partial charge in [0.05, 0.1) is 5.51 Å². The molecule has 1 aromatic carbocycles. The quantitative estimate of drug-likeness (QED) is 0.806. The molecule has 0 unspecified atom stereocenters. The number of hydrogen-bond donors (Lipinski definition) is 1. The summed E-state index contributed by atoms with van der Waals surface area (Å²) in [5.41, 5.74) is 11.4. The summed E-state index contributed by atoms with van der Waals surface area (Å²) in [5, 5.41) is 0. The zero-order valence-corrected chi connectivity index (χ0v) is 9.70. The van der Waals surface area contributed by atoms with Gasteiger partial charge in [-0.1, -0.05) is 12.1 Å². The number of thiazole rings is 1. The van der Waals surface area contributed by atoms with Crippen molar-refractivity contribution in [2.75, 3.05) is 5.73 Å². The molecule has 3 rings (SSSR count). The van der Waals surface area contributed by atoms with Crippen LogP contribution >= 0.6 is 11.3 Å². The molecule has 0 fully saturated rings. The second-order valence-corrected chi connectivity index (χ2v) is 5.07. The first kappa shape index (κ1) is 9.81. The molecule has 1 aromatic heterocycles. The van der Waals surface area contributed by atoms with E-state index in [1.54, 1.807) is 11.3 Å². The minimum atomic E-state index is 0.921. The highest BCUT2D eigenvalue weighted by molar-refractivity contribution is 7.09. The van der Waals surface area contributed by atoms with Gasteiger partial charge in [0.2, 0.25) is 0 Å². The van der Waals surface area contributed by atoms with Crippen molar-refractivity contribution in [3.05, 3.63) is 45.9 Å². The molecule has 3 nitrogen and oxygen atoms in total. The zero-order chi connectivity index (χ0) is 11.0. The predicted molar refractivity (Wildman–Crippen MR) is 65.9 cm³/mol. The highest BCUT2D eigenvalue weighted by atomic mass is 32.1. The Bertz CT molecular complexity index is 493. The molecule has 16 heavy (non-hydrogen) atoms. The van der Waals surface area contributed by atoms with Crippen molar-refractivity contribution >= 4 is 17.0 Å². The summed E-state index contributed by atoms with van der Waals surface area (Å²) in [6, 6.07) is 6.18. The van der Waals surface area contributed by atoms with E-state index in [0.717, 1.165) is 25.3 Å². The van der Waals surface area contributed by atoms with E-state index in [1.807, 2.05) is 23.8 Å². The summed E-state index contributed by atoms with van der Waals surface area (Å²) in [7, 11) is 0. The molecule has 2 heterocycles. The van der Waals surface area contributed by atoms with Crippen LogP contribution in [0.2, 0.25) is 0 Å². The third-order valence-electron chi connectivity index (χ3n) is 2.95. The van der Waals surface area contributed by atoms with Gasteiger partial charge in [0.1, 0.15) is 0 Å². The summed E-state index contributed by atoms with van der Waals surface area (Å²) < 4.78 is 0. The van der Waals surface area contributed by atoms with Crippen LogP contribution in [0.4, 0.5) is 5.69 Å². The van der Waals surface area contributed by atoms with Crippen molar-refractivity contribution in [1.29, 1.82) is 0 Å². The number of hydrogen-bond acceptors (Lipinski definition) is 4. The van der Waals surface area contributed by atoms with E-state index in [2.05, 4.69) is 16.0 Å². The molecule has 2 N–H and O–H groups in total. The molecule has 0 spiro atoms. The number of fused-ring (bicyclic) bond motifs is 1. The van der Waals surface area contributed by atoms with Gasteiger partial charge in [-0.3, -0.25) is 9.88 Å². The van der Waals surface area contributed by atoms with Gasteiger partial charge in [0.25, 0.3) is 0 Å². The lowest BCUT2D eigenvalue weighted by Gasteiger charge is -2.12. The van der Waals surface area contributed by atoms with Crippen LogP contribution in [-0.2, 0) is 19.6 Å². The van der Waals surface area contributed by atoms with Crippen molar-refractivity contribution in [3.63, 3.8) is 0 Å². The summed E-state index contributed by atoms with van der Waals surface area (Å²) >= 11 is 1.71. The smallest absolute Gasteiger partial charge is 0.0794 e. The van der Waals surface area contributed by atoms with Crippen molar-refractivity contribution in [2.24, 2.45) is 0 Å². The third-order valence-corrected chi connectivity index (χ3v) is 3.71. The molecule has 0 atom stereocenters. The van der Waals surface area contributed by atoms with Crippen LogP contribution in [0.3, 0.4) is 0 Å². The first-order chi connectivity index (χ1) is 7.83. The van der Waals surface area contributed by atoms with Crippen molar-refractivity contribution in [3.8, 4) is 0 Å². The molecular formula is C12H13N3S. The van der Waals surface area contributed by atoms with E-state index in [0.29, 0.717) is 0 Å². The number of nitrogens with two attached hydrogens (primary N) is 1. The number of rotatable bonds is 2. The molecule has 1 aliphatic heterocycles. The van der Waals surface area contributed by atoms with Crippen molar-refractivity contribution < 1.29 is 0 Å². The maximum Gasteiger partial charge on any atom is 0.0794 e. The number of benzene rings is 1. The van der Waals surface area contributed by atoms with Crippen LogP contribution in [0.5, 0.6) is 0 Å². The first-order valence-corrected chi connectivity index (χ1v) is 6.17. The molecule has 2 aromatic rings. The molecule has 0 amide bonds. The van der Waals surface area contributed by atoms with Gasteiger partial charge in [-0.05, 0) is 17.2 Å². The molecule has 0 aliphatic carbocycles. The number of aromatic nitrogens is 1. The highest BCUT2D eigenvalue weighted by Gasteiger charge is 2.20. The van der Waals surface area contributed by atoms with Crippen LogP contribution in [0, 0.1) is 0 Å². The minimum absolute atomic E-state index is 0.921. The Kier molecular flexibility index (Phi) is 2.38. The van der Waals surface area contributed by atoms with Gasteiger partial charge in [-0.2, -0.15) is 0 Å².